The number of hydrogen-bond acceptors (Lipinski definition) is 3. The molecule has 1 aliphatic heterocycles. The maximum Gasteiger partial charge on any atom is 0.160 e. The maximum atomic E-state index is 6.37. The molecule has 1 aromatic heterocycles. The van der Waals surface area contributed by atoms with Crippen LogP contribution in [-0.2, 0) is 0 Å². The van der Waals surface area contributed by atoms with Gasteiger partial charge in [0.05, 0.1) is 5.69 Å². The first-order valence-electron chi connectivity index (χ1n) is 8.68. The molecule has 5 rings (SSSR count). The predicted molar refractivity (Wildman–Crippen MR) is 105 cm³/mol. The first-order valence-corrected chi connectivity index (χ1v) is 8.68. The van der Waals surface area contributed by atoms with Crippen LogP contribution in [0.15, 0.2) is 65.3 Å². The van der Waals surface area contributed by atoms with E-state index < -0.39 is 0 Å². The second kappa shape index (κ2) is 5.03. The third-order valence-corrected chi connectivity index (χ3v) is 5.48. The van der Waals surface area contributed by atoms with Crippen LogP contribution in [0.2, 0.25) is 0 Å². The lowest BCUT2D eigenvalue weighted by atomic mass is 9.97. The summed E-state index contributed by atoms with van der Waals surface area (Å²) in [5.41, 5.74) is 4.34. The van der Waals surface area contributed by atoms with E-state index in [1.807, 2.05) is 6.07 Å². The lowest BCUT2D eigenvalue weighted by Crippen LogP contribution is -2.33. The number of para-hydroxylation sites is 1. The van der Waals surface area contributed by atoms with E-state index in [9.17, 15) is 0 Å². The quantitative estimate of drug-likeness (QED) is 0.452. The van der Waals surface area contributed by atoms with E-state index in [1.54, 1.807) is 0 Å². The average molecular weight is 328 g/mol. The fraction of sp³-hybridized carbons (Fsp3) is 0.182. The molecular weight excluding hydrogens is 308 g/mol. The highest BCUT2D eigenvalue weighted by atomic mass is 16.3. The Labute approximate surface area is 146 Å². The molecule has 1 atom stereocenters. The molecule has 0 radical (unpaired) electrons. The Kier molecular flexibility index (Phi) is 2.90. The minimum absolute atomic E-state index is 0.260. The predicted octanol–water partition coefficient (Wildman–Crippen LogP) is 5.62. The zero-order valence-electron chi connectivity index (χ0n) is 14.7. The van der Waals surface area contributed by atoms with E-state index in [0.29, 0.717) is 0 Å². The van der Waals surface area contributed by atoms with Crippen molar-refractivity contribution >= 4 is 38.4 Å². The van der Waals surface area contributed by atoms with Gasteiger partial charge in [0.25, 0.3) is 0 Å². The molecule has 0 N–H and O–H groups in total. The zero-order chi connectivity index (χ0) is 17.1. The Balaban J connectivity index is 1.99. The number of furan rings is 1. The summed E-state index contributed by atoms with van der Waals surface area (Å²) in [5.74, 6) is 0. The van der Waals surface area contributed by atoms with E-state index in [2.05, 4.69) is 85.6 Å². The molecular formula is C22H20N2O. The standard InChI is InChI=1S/C22H20N2O/c1-14-16-8-4-5-9-17(16)20-18-10-6-7-11-19(18)25-22(20)21(14)24-13-12-23(3)15(24)2/h4-13,15H,1-3H3/t15-/m0/s1. The third kappa shape index (κ3) is 1.86. The Bertz CT molecular complexity index is 1160. The molecule has 0 spiro atoms. The topological polar surface area (TPSA) is 19.6 Å². The molecule has 124 valence electrons. The lowest BCUT2D eigenvalue weighted by Gasteiger charge is -2.29. The van der Waals surface area contributed by atoms with Gasteiger partial charge in [0.2, 0.25) is 0 Å². The van der Waals surface area contributed by atoms with Crippen LogP contribution in [-0.4, -0.2) is 18.1 Å². The fourth-order valence-corrected chi connectivity index (χ4v) is 4.00. The van der Waals surface area contributed by atoms with Crippen LogP contribution in [0.4, 0.5) is 5.69 Å². The molecule has 4 aromatic rings. The number of aryl methyl sites for hydroxylation is 1. The molecule has 0 amide bonds. The summed E-state index contributed by atoms with van der Waals surface area (Å²) >= 11 is 0. The minimum atomic E-state index is 0.260. The zero-order valence-corrected chi connectivity index (χ0v) is 14.7. The number of rotatable bonds is 1. The van der Waals surface area contributed by atoms with Crippen molar-refractivity contribution in [2.75, 3.05) is 11.9 Å². The number of benzene rings is 3. The first-order chi connectivity index (χ1) is 12.2. The molecule has 0 aliphatic carbocycles. The van der Waals surface area contributed by atoms with E-state index >= 15 is 0 Å². The van der Waals surface area contributed by atoms with Crippen LogP contribution >= 0.6 is 0 Å². The molecule has 1 aliphatic rings. The largest absolute Gasteiger partial charge is 0.454 e. The van der Waals surface area contributed by atoms with Gasteiger partial charge in [-0.05, 0) is 36.2 Å². The van der Waals surface area contributed by atoms with Crippen molar-refractivity contribution in [1.82, 2.24) is 4.90 Å². The number of hydrogen-bond donors (Lipinski definition) is 0. The first kappa shape index (κ1) is 14.4. The number of fused-ring (bicyclic) bond motifs is 5. The average Bonchev–Trinajstić information content (AvgIpc) is 3.17. The summed E-state index contributed by atoms with van der Waals surface area (Å²) < 4.78 is 6.37. The van der Waals surface area contributed by atoms with Crippen LogP contribution in [0.3, 0.4) is 0 Å². The maximum absolute atomic E-state index is 6.37. The molecule has 3 aromatic carbocycles. The van der Waals surface area contributed by atoms with Gasteiger partial charge in [-0.1, -0.05) is 42.5 Å². The van der Waals surface area contributed by atoms with E-state index in [0.717, 1.165) is 16.9 Å². The molecule has 2 heterocycles. The second-order valence-corrected chi connectivity index (χ2v) is 6.82. The van der Waals surface area contributed by atoms with Gasteiger partial charge in [0.15, 0.2) is 5.58 Å². The number of anilines is 1. The van der Waals surface area contributed by atoms with Crippen LogP contribution in [0, 0.1) is 6.92 Å². The Morgan fingerprint density at radius 2 is 1.56 bits per heavy atom. The van der Waals surface area contributed by atoms with Crippen molar-refractivity contribution in [2.45, 2.75) is 20.0 Å². The van der Waals surface area contributed by atoms with Crippen molar-refractivity contribution in [3.63, 3.8) is 0 Å². The Morgan fingerprint density at radius 3 is 2.28 bits per heavy atom. The van der Waals surface area contributed by atoms with Gasteiger partial charge in [-0.25, -0.2) is 0 Å². The van der Waals surface area contributed by atoms with Crippen LogP contribution in [0.5, 0.6) is 0 Å². The molecule has 0 fully saturated rings. The second-order valence-electron chi connectivity index (χ2n) is 6.82. The van der Waals surface area contributed by atoms with Crippen molar-refractivity contribution in [3.8, 4) is 0 Å². The lowest BCUT2D eigenvalue weighted by molar-refractivity contribution is 0.383. The van der Waals surface area contributed by atoms with Crippen LogP contribution in [0.25, 0.3) is 32.7 Å². The van der Waals surface area contributed by atoms with Gasteiger partial charge in [0.1, 0.15) is 11.7 Å². The summed E-state index contributed by atoms with van der Waals surface area (Å²) in [7, 11) is 2.10. The van der Waals surface area contributed by atoms with Gasteiger partial charge in [0, 0.05) is 30.2 Å². The van der Waals surface area contributed by atoms with E-state index in [-0.39, 0.29) is 6.17 Å². The van der Waals surface area contributed by atoms with Crippen molar-refractivity contribution in [3.05, 3.63) is 66.5 Å². The molecule has 0 unspecified atom stereocenters. The summed E-state index contributed by atoms with van der Waals surface area (Å²) in [6, 6.07) is 17.0. The van der Waals surface area contributed by atoms with E-state index in [1.165, 1.54) is 27.1 Å². The summed E-state index contributed by atoms with van der Waals surface area (Å²) in [4.78, 5) is 4.52. The van der Waals surface area contributed by atoms with Crippen LogP contribution in [0.1, 0.15) is 12.5 Å². The number of nitrogens with zero attached hydrogens (tertiary/aromatic N) is 2. The van der Waals surface area contributed by atoms with Crippen LogP contribution < -0.4 is 4.90 Å². The van der Waals surface area contributed by atoms with Gasteiger partial charge in [-0.3, -0.25) is 0 Å². The highest BCUT2D eigenvalue weighted by Gasteiger charge is 2.27. The third-order valence-electron chi connectivity index (χ3n) is 5.48. The molecule has 3 nitrogen and oxygen atoms in total. The highest BCUT2D eigenvalue weighted by molar-refractivity contribution is 6.23. The summed E-state index contributed by atoms with van der Waals surface area (Å²) in [5, 5.41) is 4.93. The normalized spacial score (nSPS) is 17.5. The van der Waals surface area contributed by atoms with Gasteiger partial charge >= 0.3 is 0 Å². The minimum Gasteiger partial charge on any atom is -0.454 e. The molecule has 0 saturated heterocycles. The molecule has 3 heteroatoms. The monoisotopic (exact) mass is 328 g/mol. The van der Waals surface area contributed by atoms with Gasteiger partial charge in [-0.2, -0.15) is 0 Å². The highest BCUT2D eigenvalue weighted by Crippen LogP contribution is 2.44. The molecule has 0 bridgehead atoms. The molecule has 25 heavy (non-hydrogen) atoms. The van der Waals surface area contributed by atoms with Gasteiger partial charge < -0.3 is 14.2 Å². The molecule has 0 saturated carbocycles. The smallest absolute Gasteiger partial charge is 0.160 e. The van der Waals surface area contributed by atoms with Crippen molar-refractivity contribution < 1.29 is 4.42 Å². The summed E-state index contributed by atoms with van der Waals surface area (Å²) in [6.07, 6.45) is 4.53. The SMILES string of the molecule is Cc1c(N2C=CN(C)[C@@H]2C)c2oc3ccccc3c2c2ccccc12. The van der Waals surface area contributed by atoms with Crippen molar-refractivity contribution in [2.24, 2.45) is 0 Å². The van der Waals surface area contributed by atoms with Crippen molar-refractivity contribution in [1.29, 1.82) is 0 Å². The summed E-state index contributed by atoms with van der Waals surface area (Å²) in [6.45, 7) is 4.41. The fourth-order valence-electron chi connectivity index (χ4n) is 4.00. The van der Waals surface area contributed by atoms with Gasteiger partial charge in [-0.15, -0.1) is 0 Å². The Morgan fingerprint density at radius 1 is 0.880 bits per heavy atom. The Hall–Kier alpha value is -2.94. The van der Waals surface area contributed by atoms with E-state index in [4.69, 9.17) is 4.42 Å².